The molecule has 0 radical (unpaired) electrons. The molecule has 7 heteroatoms. The molecule has 1 aromatic heterocycles. The average molecular weight is 466 g/mol. The lowest BCUT2D eigenvalue weighted by molar-refractivity contribution is 0.0953. The van der Waals surface area contributed by atoms with Crippen molar-refractivity contribution in [3.8, 4) is 5.75 Å². The second-order valence-electron chi connectivity index (χ2n) is 8.94. The highest BCUT2D eigenvalue weighted by atomic mass is 16.5. The standard InChI is InChI=1S/C28H23N3O4/c1-4-35-19-14-13-15-9-5-6-10-16(15)20(19)21-22-24(17-11-7-8-12-18(17)25(22)32)29-26-23(21)27(33)31(3)28(34)30(26)2/h5-14,21-22H,4H2,1-3H3/t21-,22-/m1/s1. The Hall–Kier alpha value is -4.26. The van der Waals surface area contributed by atoms with E-state index in [9.17, 15) is 14.4 Å². The Bertz CT molecular complexity index is 1710. The Balaban J connectivity index is 1.79. The monoisotopic (exact) mass is 465 g/mol. The van der Waals surface area contributed by atoms with Crippen molar-refractivity contribution in [2.24, 2.45) is 25.0 Å². The van der Waals surface area contributed by atoms with Crippen LogP contribution in [-0.2, 0) is 14.1 Å². The third-order valence-electron chi connectivity index (χ3n) is 7.13. The van der Waals surface area contributed by atoms with Crippen LogP contribution in [0.2, 0.25) is 0 Å². The number of rotatable bonds is 3. The normalized spacial score (nSPS) is 18.1. The molecule has 3 aromatic carbocycles. The van der Waals surface area contributed by atoms with Gasteiger partial charge in [0.15, 0.2) is 5.78 Å². The summed E-state index contributed by atoms with van der Waals surface area (Å²) < 4.78 is 8.55. The van der Waals surface area contributed by atoms with Crippen LogP contribution in [0.25, 0.3) is 10.8 Å². The summed E-state index contributed by atoms with van der Waals surface area (Å²) in [6, 6.07) is 19.1. The Morgan fingerprint density at radius 2 is 1.54 bits per heavy atom. The van der Waals surface area contributed by atoms with Gasteiger partial charge in [-0.25, -0.2) is 9.79 Å². The van der Waals surface area contributed by atoms with Gasteiger partial charge in [0, 0.05) is 36.7 Å². The zero-order valence-electron chi connectivity index (χ0n) is 19.6. The molecule has 4 aromatic rings. The van der Waals surface area contributed by atoms with Crippen molar-refractivity contribution in [1.29, 1.82) is 0 Å². The lowest BCUT2D eigenvalue weighted by atomic mass is 9.74. The second-order valence-corrected chi connectivity index (χ2v) is 8.94. The number of benzene rings is 3. The molecule has 0 unspecified atom stereocenters. The van der Waals surface area contributed by atoms with Crippen LogP contribution < -0.4 is 16.0 Å². The van der Waals surface area contributed by atoms with E-state index in [1.165, 1.54) is 11.6 Å². The summed E-state index contributed by atoms with van der Waals surface area (Å²) in [5.74, 6) is -0.552. The van der Waals surface area contributed by atoms with Gasteiger partial charge in [-0.2, -0.15) is 0 Å². The Labute approximate surface area is 200 Å². The number of carbonyl (C=O) groups is 1. The summed E-state index contributed by atoms with van der Waals surface area (Å²) >= 11 is 0. The van der Waals surface area contributed by atoms with Gasteiger partial charge < -0.3 is 4.74 Å². The molecule has 0 amide bonds. The Morgan fingerprint density at radius 1 is 0.829 bits per heavy atom. The van der Waals surface area contributed by atoms with E-state index in [2.05, 4.69) is 0 Å². The maximum Gasteiger partial charge on any atom is 0.332 e. The number of aliphatic imine (C=N–C) groups is 1. The van der Waals surface area contributed by atoms with Crippen LogP contribution in [0.4, 0.5) is 5.82 Å². The minimum atomic E-state index is -0.699. The van der Waals surface area contributed by atoms with E-state index in [0.717, 1.165) is 26.5 Å². The highest BCUT2D eigenvalue weighted by molar-refractivity contribution is 6.30. The maximum atomic E-state index is 13.9. The average Bonchev–Trinajstić information content (AvgIpc) is 3.17. The molecule has 2 aliphatic rings. The van der Waals surface area contributed by atoms with Gasteiger partial charge in [0.05, 0.1) is 23.8 Å². The summed E-state index contributed by atoms with van der Waals surface area (Å²) in [5, 5.41) is 1.87. The molecule has 2 atom stereocenters. The molecule has 0 N–H and O–H groups in total. The molecule has 1 aliphatic heterocycles. The zero-order chi connectivity index (χ0) is 24.4. The van der Waals surface area contributed by atoms with Crippen LogP contribution in [0.5, 0.6) is 5.75 Å². The summed E-state index contributed by atoms with van der Waals surface area (Å²) in [6.45, 7) is 2.33. The SMILES string of the molecule is CCOc1ccc2ccccc2c1[C@H]1c2c(n(C)c(=O)n(C)c2=O)N=C2c3ccccc3C(=O)[C@@H]21. The summed E-state index contributed by atoms with van der Waals surface area (Å²) in [7, 11) is 3.07. The van der Waals surface area contributed by atoms with Crippen molar-refractivity contribution in [2.75, 3.05) is 6.61 Å². The molecule has 0 bridgehead atoms. The van der Waals surface area contributed by atoms with Crippen LogP contribution in [0.15, 0.2) is 75.2 Å². The van der Waals surface area contributed by atoms with Crippen molar-refractivity contribution in [3.05, 3.63) is 104 Å². The van der Waals surface area contributed by atoms with Crippen molar-refractivity contribution < 1.29 is 9.53 Å². The molecule has 174 valence electrons. The predicted molar refractivity (Wildman–Crippen MR) is 134 cm³/mol. The number of carbonyl (C=O) groups excluding carboxylic acids is 1. The quantitative estimate of drug-likeness (QED) is 0.462. The third kappa shape index (κ3) is 2.84. The van der Waals surface area contributed by atoms with Crippen LogP contribution in [0.3, 0.4) is 0 Å². The fourth-order valence-corrected chi connectivity index (χ4v) is 5.56. The number of ether oxygens (including phenoxy) is 1. The first-order valence-electron chi connectivity index (χ1n) is 11.6. The molecule has 1 aliphatic carbocycles. The van der Waals surface area contributed by atoms with Gasteiger partial charge in [0.1, 0.15) is 11.6 Å². The molecule has 0 saturated carbocycles. The molecule has 35 heavy (non-hydrogen) atoms. The minimum Gasteiger partial charge on any atom is -0.494 e. The Morgan fingerprint density at radius 3 is 2.31 bits per heavy atom. The topological polar surface area (TPSA) is 82.7 Å². The first-order chi connectivity index (χ1) is 16.9. The number of Topliss-reactive ketones (excluding diaryl/α,β-unsaturated/α-hetero) is 1. The van der Waals surface area contributed by atoms with Gasteiger partial charge in [-0.1, -0.05) is 54.6 Å². The van der Waals surface area contributed by atoms with Crippen LogP contribution in [0, 0.1) is 5.92 Å². The smallest absolute Gasteiger partial charge is 0.332 e. The number of nitrogens with zero attached hydrogens (tertiary/aromatic N) is 3. The first-order valence-corrected chi connectivity index (χ1v) is 11.6. The second kappa shape index (κ2) is 7.63. The number of fused-ring (bicyclic) bond motifs is 5. The summed E-state index contributed by atoms with van der Waals surface area (Å²) in [6.07, 6.45) is 0. The van der Waals surface area contributed by atoms with Crippen molar-refractivity contribution >= 4 is 28.1 Å². The molecule has 0 fully saturated rings. The molecule has 6 rings (SSSR count). The fraction of sp³-hybridized carbons (Fsp3) is 0.214. The Kier molecular flexibility index (Phi) is 4.64. The van der Waals surface area contributed by atoms with E-state index in [-0.39, 0.29) is 11.6 Å². The lowest BCUT2D eigenvalue weighted by Gasteiger charge is -2.31. The highest BCUT2D eigenvalue weighted by Crippen LogP contribution is 2.50. The summed E-state index contributed by atoms with van der Waals surface area (Å²) in [4.78, 5) is 45.2. The highest BCUT2D eigenvalue weighted by Gasteiger charge is 2.49. The van der Waals surface area contributed by atoms with Gasteiger partial charge in [0.25, 0.3) is 5.56 Å². The number of hydrogen-bond acceptors (Lipinski definition) is 5. The van der Waals surface area contributed by atoms with E-state index in [4.69, 9.17) is 9.73 Å². The third-order valence-corrected chi connectivity index (χ3v) is 7.13. The molecular formula is C28H23N3O4. The number of aromatic nitrogens is 2. The zero-order valence-corrected chi connectivity index (χ0v) is 19.6. The van der Waals surface area contributed by atoms with E-state index < -0.39 is 23.1 Å². The number of ketones is 1. The van der Waals surface area contributed by atoms with E-state index in [1.807, 2.05) is 61.5 Å². The first kappa shape index (κ1) is 21.3. The lowest BCUT2D eigenvalue weighted by Crippen LogP contribution is -2.43. The van der Waals surface area contributed by atoms with Crippen LogP contribution >= 0.6 is 0 Å². The molecule has 2 heterocycles. The largest absolute Gasteiger partial charge is 0.494 e. The maximum absolute atomic E-state index is 13.9. The van der Waals surface area contributed by atoms with Gasteiger partial charge in [-0.3, -0.25) is 18.7 Å². The van der Waals surface area contributed by atoms with E-state index in [0.29, 0.717) is 29.2 Å². The number of hydrogen-bond donors (Lipinski definition) is 0. The minimum absolute atomic E-state index is 0.0821. The van der Waals surface area contributed by atoms with Gasteiger partial charge in [-0.05, 0) is 23.8 Å². The molecule has 7 nitrogen and oxygen atoms in total. The van der Waals surface area contributed by atoms with Crippen LogP contribution in [-0.4, -0.2) is 27.2 Å². The van der Waals surface area contributed by atoms with Crippen LogP contribution in [0.1, 0.15) is 39.9 Å². The fourth-order valence-electron chi connectivity index (χ4n) is 5.56. The molecule has 0 spiro atoms. The van der Waals surface area contributed by atoms with Crippen molar-refractivity contribution in [2.45, 2.75) is 12.8 Å². The van der Waals surface area contributed by atoms with Crippen molar-refractivity contribution in [1.82, 2.24) is 9.13 Å². The molecule has 0 saturated heterocycles. The summed E-state index contributed by atoms with van der Waals surface area (Å²) in [5.41, 5.74) is 2.09. The molecular weight excluding hydrogens is 442 g/mol. The van der Waals surface area contributed by atoms with Crippen molar-refractivity contribution in [3.63, 3.8) is 0 Å². The van der Waals surface area contributed by atoms with Gasteiger partial charge in [0.2, 0.25) is 0 Å². The predicted octanol–water partition coefficient (Wildman–Crippen LogP) is 3.71. The van der Waals surface area contributed by atoms with E-state index >= 15 is 0 Å². The van der Waals surface area contributed by atoms with Gasteiger partial charge in [-0.15, -0.1) is 0 Å². The van der Waals surface area contributed by atoms with E-state index in [1.54, 1.807) is 13.1 Å². The van der Waals surface area contributed by atoms with Gasteiger partial charge >= 0.3 is 5.69 Å².